The maximum atomic E-state index is 5.60. The molecule has 2 saturated heterocycles. The number of hydrogen-bond acceptors (Lipinski definition) is 4. The van der Waals surface area contributed by atoms with E-state index in [9.17, 15) is 0 Å². The van der Waals surface area contributed by atoms with Gasteiger partial charge in [0.05, 0.1) is 39.6 Å². The summed E-state index contributed by atoms with van der Waals surface area (Å²) in [5.41, 5.74) is 0.244. The predicted molar refractivity (Wildman–Crippen MR) is 54.7 cm³/mol. The van der Waals surface area contributed by atoms with Crippen molar-refractivity contribution < 1.29 is 18.9 Å². The fourth-order valence-corrected chi connectivity index (χ4v) is 1.74. The van der Waals surface area contributed by atoms with E-state index < -0.39 is 0 Å². The van der Waals surface area contributed by atoms with Gasteiger partial charge in [0.15, 0.2) is 6.29 Å². The van der Waals surface area contributed by atoms with Crippen LogP contribution >= 0.6 is 0 Å². The summed E-state index contributed by atoms with van der Waals surface area (Å²) >= 11 is 0. The summed E-state index contributed by atoms with van der Waals surface area (Å²) in [6.45, 7) is 6.95. The van der Waals surface area contributed by atoms with Gasteiger partial charge in [0, 0.05) is 11.8 Å². The molecule has 0 bridgehead atoms. The van der Waals surface area contributed by atoms with Crippen molar-refractivity contribution in [3.63, 3.8) is 0 Å². The van der Waals surface area contributed by atoms with E-state index in [2.05, 4.69) is 6.92 Å². The zero-order valence-electron chi connectivity index (χ0n) is 9.37. The Labute approximate surface area is 90.8 Å². The van der Waals surface area contributed by atoms with E-state index in [1.165, 1.54) is 0 Å². The van der Waals surface area contributed by atoms with Crippen molar-refractivity contribution in [2.24, 2.45) is 5.41 Å². The summed E-state index contributed by atoms with van der Waals surface area (Å²) in [7, 11) is 0. The van der Waals surface area contributed by atoms with Gasteiger partial charge in [-0.1, -0.05) is 6.92 Å². The third kappa shape index (κ3) is 3.41. The van der Waals surface area contributed by atoms with Crippen LogP contribution in [0.4, 0.5) is 0 Å². The van der Waals surface area contributed by atoms with E-state index in [-0.39, 0.29) is 11.7 Å². The molecular formula is C11H20O4. The average molecular weight is 216 g/mol. The highest BCUT2D eigenvalue weighted by atomic mass is 16.7. The lowest BCUT2D eigenvalue weighted by Crippen LogP contribution is -2.43. The molecule has 4 heteroatoms. The molecule has 2 heterocycles. The Bertz CT molecular complexity index is 185. The van der Waals surface area contributed by atoms with E-state index in [0.717, 1.165) is 45.9 Å². The van der Waals surface area contributed by atoms with Crippen LogP contribution < -0.4 is 0 Å². The summed E-state index contributed by atoms with van der Waals surface area (Å²) in [4.78, 5) is 0. The van der Waals surface area contributed by atoms with Crippen molar-refractivity contribution in [3.05, 3.63) is 0 Å². The van der Waals surface area contributed by atoms with Gasteiger partial charge < -0.3 is 18.9 Å². The average Bonchev–Trinajstić information content (AvgIpc) is 2.23. The summed E-state index contributed by atoms with van der Waals surface area (Å²) in [5.74, 6) is 0. The first-order valence-electron chi connectivity index (χ1n) is 5.67. The molecule has 2 aliphatic heterocycles. The second-order valence-corrected chi connectivity index (χ2v) is 4.67. The Hall–Kier alpha value is -0.160. The van der Waals surface area contributed by atoms with Gasteiger partial charge in [-0.05, 0) is 6.42 Å². The Balaban J connectivity index is 1.50. The predicted octanol–water partition coefficient (Wildman–Crippen LogP) is 1.19. The molecule has 0 aliphatic carbocycles. The van der Waals surface area contributed by atoms with Crippen molar-refractivity contribution in [2.75, 3.05) is 39.6 Å². The van der Waals surface area contributed by atoms with Crippen LogP contribution in [-0.2, 0) is 18.9 Å². The van der Waals surface area contributed by atoms with Crippen molar-refractivity contribution in [1.29, 1.82) is 0 Å². The molecule has 15 heavy (non-hydrogen) atoms. The lowest BCUT2D eigenvalue weighted by molar-refractivity contribution is -0.191. The highest BCUT2D eigenvalue weighted by molar-refractivity contribution is 4.80. The largest absolute Gasteiger partial charge is 0.381 e. The van der Waals surface area contributed by atoms with Crippen LogP contribution in [0.15, 0.2) is 0 Å². The van der Waals surface area contributed by atoms with Crippen molar-refractivity contribution in [1.82, 2.24) is 0 Å². The van der Waals surface area contributed by atoms with Gasteiger partial charge in [0.25, 0.3) is 0 Å². The third-order valence-electron chi connectivity index (χ3n) is 2.75. The minimum absolute atomic E-state index is 0.0517. The van der Waals surface area contributed by atoms with Crippen molar-refractivity contribution in [3.8, 4) is 0 Å². The first-order chi connectivity index (χ1) is 7.29. The van der Waals surface area contributed by atoms with E-state index >= 15 is 0 Å². The molecule has 0 radical (unpaired) electrons. The Morgan fingerprint density at radius 2 is 2.00 bits per heavy atom. The second-order valence-electron chi connectivity index (χ2n) is 4.67. The second kappa shape index (κ2) is 5.25. The first kappa shape index (κ1) is 11.3. The first-order valence-corrected chi connectivity index (χ1v) is 5.67. The lowest BCUT2D eigenvalue weighted by Gasteiger charge is -2.37. The smallest absolute Gasteiger partial charge is 0.159 e. The topological polar surface area (TPSA) is 36.9 Å². The monoisotopic (exact) mass is 216 g/mol. The highest BCUT2D eigenvalue weighted by Crippen LogP contribution is 2.26. The quantitative estimate of drug-likeness (QED) is 0.647. The van der Waals surface area contributed by atoms with E-state index in [1.807, 2.05) is 0 Å². The molecule has 2 fully saturated rings. The minimum atomic E-state index is -0.0517. The maximum Gasteiger partial charge on any atom is 0.159 e. The Morgan fingerprint density at radius 3 is 2.60 bits per heavy atom. The van der Waals surface area contributed by atoms with Gasteiger partial charge in [-0.3, -0.25) is 0 Å². The van der Waals surface area contributed by atoms with E-state index in [4.69, 9.17) is 18.9 Å². The van der Waals surface area contributed by atoms with Gasteiger partial charge in [-0.25, -0.2) is 0 Å². The van der Waals surface area contributed by atoms with Crippen LogP contribution in [0.5, 0.6) is 0 Å². The Morgan fingerprint density at radius 1 is 1.27 bits per heavy atom. The maximum absolute atomic E-state index is 5.60. The summed E-state index contributed by atoms with van der Waals surface area (Å²) in [5, 5.41) is 0. The van der Waals surface area contributed by atoms with Crippen LogP contribution in [0.3, 0.4) is 0 Å². The Kier molecular flexibility index (Phi) is 3.97. The molecule has 0 spiro atoms. The lowest BCUT2D eigenvalue weighted by atomic mass is 9.90. The van der Waals surface area contributed by atoms with Gasteiger partial charge in [0.1, 0.15) is 0 Å². The SMILES string of the molecule is CC1(COCCC2OCCCO2)COC1. The fourth-order valence-electron chi connectivity index (χ4n) is 1.74. The van der Waals surface area contributed by atoms with Crippen LogP contribution in [0.1, 0.15) is 19.8 Å². The fraction of sp³-hybridized carbons (Fsp3) is 1.00. The summed E-state index contributed by atoms with van der Waals surface area (Å²) in [6, 6.07) is 0. The van der Waals surface area contributed by atoms with Gasteiger partial charge >= 0.3 is 0 Å². The molecule has 0 aromatic carbocycles. The molecule has 0 aromatic heterocycles. The summed E-state index contributed by atoms with van der Waals surface area (Å²) in [6.07, 6.45) is 1.79. The molecule has 0 atom stereocenters. The van der Waals surface area contributed by atoms with Crippen LogP contribution in [0.25, 0.3) is 0 Å². The molecule has 4 nitrogen and oxygen atoms in total. The molecular weight excluding hydrogens is 196 g/mol. The molecule has 2 rings (SSSR count). The zero-order valence-corrected chi connectivity index (χ0v) is 9.37. The molecule has 0 amide bonds. The standard InChI is InChI=1S/C11H20O4/c1-11(8-13-9-11)7-12-6-3-10-14-4-2-5-15-10/h10H,2-9H2,1H3. The van der Waals surface area contributed by atoms with Gasteiger partial charge in [-0.15, -0.1) is 0 Å². The van der Waals surface area contributed by atoms with Gasteiger partial charge in [-0.2, -0.15) is 0 Å². The minimum Gasteiger partial charge on any atom is -0.381 e. The molecule has 0 unspecified atom stereocenters. The highest BCUT2D eigenvalue weighted by Gasteiger charge is 2.33. The normalized spacial score (nSPS) is 26.2. The summed E-state index contributed by atoms with van der Waals surface area (Å²) < 4.78 is 21.6. The third-order valence-corrected chi connectivity index (χ3v) is 2.75. The van der Waals surface area contributed by atoms with E-state index in [1.54, 1.807) is 0 Å². The van der Waals surface area contributed by atoms with Crippen LogP contribution in [0, 0.1) is 5.41 Å². The van der Waals surface area contributed by atoms with Crippen molar-refractivity contribution >= 4 is 0 Å². The van der Waals surface area contributed by atoms with Crippen LogP contribution in [0.2, 0.25) is 0 Å². The van der Waals surface area contributed by atoms with Crippen LogP contribution in [-0.4, -0.2) is 45.9 Å². The zero-order chi connectivity index (χ0) is 10.6. The van der Waals surface area contributed by atoms with E-state index in [0.29, 0.717) is 6.61 Å². The van der Waals surface area contributed by atoms with Gasteiger partial charge in [0.2, 0.25) is 0 Å². The molecule has 0 aromatic rings. The number of hydrogen-bond donors (Lipinski definition) is 0. The number of rotatable bonds is 5. The molecule has 88 valence electrons. The molecule has 2 aliphatic rings. The number of ether oxygens (including phenoxy) is 4. The van der Waals surface area contributed by atoms with Crippen molar-refractivity contribution in [2.45, 2.75) is 26.1 Å². The molecule has 0 saturated carbocycles. The molecule has 0 N–H and O–H groups in total.